The van der Waals surface area contributed by atoms with Gasteiger partial charge in [0, 0.05) is 37.3 Å². The lowest BCUT2D eigenvalue weighted by molar-refractivity contribution is -0.137. The van der Waals surface area contributed by atoms with Gasteiger partial charge in [0.15, 0.2) is 0 Å². The van der Waals surface area contributed by atoms with Crippen molar-refractivity contribution in [3.05, 3.63) is 64.7 Å². The van der Waals surface area contributed by atoms with E-state index >= 15 is 0 Å². The summed E-state index contributed by atoms with van der Waals surface area (Å²) in [7, 11) is -0.0770. The first-order valence-corrected chi connectivity index (χ1v) is 16.8. The van der Waals surface area contributed by atoms with Crippen molar-refractivity contribution in [1.29, 1.82) is 0 Å². The molecule has 2 aromatic rings. The summed E-state index contributed by atoms with van der Waals surface area (Å²) in [5, 5.41) is 2.61. The lowest BCUT2D eigenvalue weighted by Crippen LogP contribution is -2.45. The van der Waals surface area contributed by atoms with Crippen molar-refractivity contribution in [3.8, 4) is 0 Å². The highest BCUT2D eigenvalue weighted by Crippen LogP contribution is 2.47. The first-order valence-electron chi connectivity index (χ1n) is 15.1. The maximum atomic E-state index is 14.0. The normalized spacial score (nSPS) is 15.0. The molecule has 0 aliphatic carbocycles. The van der Waals surface area contributed by atoms with E-state index < -0.39 is 55.2 Å². The van der Waals surface area contributed by atoms with Crippen LogP contribution in [0.3, 0.4) is 0 Å². The average Bonchev–Trinajstić information content (AvgIpc) is 2.98. The molecule has 47 heavy (non-hydrogen) atoms. The van der Waals surface area contributed by atoms with E-state index in [1.54, 1.807) is 40.1 Å². The minimum atomic E-state index is -4.55. The van der Waals surface area contributed by atoms with Crippen LogP contribution in [0.15, 0.2) is 42.5 Å². The first kappa shape index (κ1) is 37.7. The maximum Gasteiger partial charge on any atom is 0.416 e. The molecule has 1 aliphatic heterocycles. The molecule has 0 radical (unpaired) electrons. The second-order valence-corrected chi connectivity index (χ2v) is 13.3. The van der Waals surface area contributed by atoms with Crippen molar-refractivity contribution in [3.63, 3.8) is 0 Å². The SMILES string of the molecule is CCOP(=O)(CC(=O)Nc1ccc2c(c1)C(=O)N(CCC(=O)N(CCN(C)C)CC(N)=O)C(c1ccc(C(F)(F)F)cc1)C2)OCC. The second-order valence-electron chi connectivity index (χ2n) is 11.2. The minimum absolute atomic E-state index is 0.0757. The van der Waals surface area contributed by atoms with Gasteiger partial charge in [-0.1, -0.05) is 18.2 Å². The van der Waals surface area contributed by atoms with Gasteiger partial charge in [-0.05, 0) is 69.8 Å². The highest BCUT2D eigenvalue weighted by molar-refractivity contribution is 7.54. The molecular weight excluding hydrogens is 642 g/mol. The fourth-order valence-electron chi connectivity index (χ4n) is 5.17. The highest BCUT2D eigenvalue weighted by Gasteiger charge is 2.36. The van der Waals surface area contributed by atoms with Gasteiger partial charge in [-0.3, -0.25) is 23.7 Å². The van der Waals surface area contributed by atoms with Crippen LogP contribution in [0.4, 0.5) is 18.9 Å². The number of alkyl halides is 3. The molecule has 3 rings (SSSR count). The van der Waals surface area contributed by atoms with Crippen LogP contribution >= 0.6 is 7.60 Å². The van der Waals surface area contributed by atoms with Gasteiger partial charge in [-0.15, -0.1) is 0 Å². The molecule has 258 valence electrons. The summed E-state index contributed by atoms with van der Waals surface area (Å²) in [6.07, 6.45) is -5.06. The Hall–Kier alpha value is -3.78. The van der Waals surface area contributed by atoms with Crippen LogP contribution in [0, 0.1) is 0 Å². The number of primary amides is 1. The van der Waals surface area contributed by atoms with Crippen LogP contribution in [0.5, 0.6) is 0 Å². The average molecular weight is 684 g/mol. The van der Waals surface area contributed by atoms with Gasteiger partial charge in [-0.2, -0.15) is 13.2 Å². The third-order valence-electron chi connectivity index (χ3n) is 7.37. The molecule has 1 atom stereocenters. The Kier molecular flexibility index (Phi) is 13.1. The molecule has 1 heterocycles. The van der Waals surface area contributed by atoms with Crippen molar-refractivity contribution in [2.75, 3.05) is 65.0 Å². The van der Waals surface area contributed by atoms with Crippen molar-refractivity contribution in [1.82, 2.24) is 14.7 Å². The number of carbonyl (C=O) groups excluding carboxylic acids is 4. The molecule has 0 bridgehead atoms. The van der Waals surface area contributed by atoms with Gasteiger partial charge >= 0.3 is 13.8 Å². The Balaban J connectivity index is 1.91. The maximum absolute atomic E-state index is 14.0. The molecule has 0 fully saturated rings. The number of amides is 4. The van der Waals surface area contributed by atoms with Crippen molar-refractivity contribution in [2.45, 2.75) is 38.9 Å². The number of nitrogens with zero attached hydrogens (tertiary/aromatic N) is 3. The third-order valence-corrected chi connectivity index (χ3v) is 9.35. The van der Waals surface area contributed by atoms with Crippen molar-refractivity contribution >= 4 is 36.9 Å². The van der Waals surface area contributed by atoms with Crippen LogP contribution < -0.4 is 11.1 Å². The van der Waals surface area contributed by atoms with E-state index in [2.05, 4.69) is 5.32 Å². The summed E-state index contributed by atoms with van der Waals surface area (Å²) >= 11 is 0. The van der Waals surface area contributed by atoms with Gasteiger partial charge < -0.3 is 34.8 Å². The van der Waals surface area contributed by atoms with E-state index in [1.807, 2.05) is 4.90 Å². The van der Waals surface area contributed by atoms with Gasteiger partial charge in [0.1, 0.15) is 6.16 Å². The van der Waals surface area contributed by atoms with E-state index in [-0.39, 0.29) is 56.9 Å². The van der Waals surface area contributed by atoms with Crippen LogP contribution in [0.25, 0.3) is 0 Å². The van der Waals surface area contributed by atoms with Crippen LogP contribution in [-0.4, -0.2) is 98.0 Å². The molecule has 16 heteroatoms. The molecule has 0 spiro atoms. The van der Waals surface area contributed by atoms with Crippen molar-refractivity contribution in [2.24, 2.45) is 5.73 Å². The quantitative estimate of drug-likeness (QED) is 0.253. The third kappa shape index (κ3) is 10.6. The number of halogens is 3. The molecule has 12 nitrogen and oxygen atoms in total. The minimum Gasteiger partial charge on any atom is -0.368 e. The lowest BCUT2D eigenvalue weighted by atomic mass is 9.88. The van der Waals surface area contributed by atoms with E-state index in [0.717, 1.165) is 12.1 Å². The largest absolute Gasteiger partial charge is 0.416 e. The second kappa shape index (κ2) is 16.4. The topological polar surface area (TPSA) is 152 Å². The van der Waals surface area contributed by atoms with Gasteiger partial charge in [-0.25, -0.2) is 0 Å². The van der Waals surface area contributed by atoms with Gasteiger partial charge in [0.2, 0.25) is 17.7 Å². The molecule has 2 aromatic carbocycles. The summed E-state index contributed by atoms with van der Waals surface area (Å²) in [5.41, 5.74) is 5.99. The number of fused-ring (bicyclic) bond motifs is 1. The number of nitrogens with two attached hydrogens (primary N) is 1. The molecule has 0 aromatic heterocycles. The predicted octanol–water partition coefficient (Wildman–Crippen LogP) is 3.92. The molecule has 0 saturated carbocycles. The number of benzene rings is 2. The van der Waals surface area contributed by atoms with E-state index in [9.17, 15) is 36.9 Å². The standard InChI is InChI=1S/C31H41F3N5O7P/c1-5-45-47(44,46-6-2)20-28(41)36-24-12-9-22-17-26(21-7-10-23(11-8-21)31(32,33)34)39(30(43)25(22)18-24)14-13-29(42)38(19-27(35)40)16-15-37(3)4/h7-12,18,26H,5-6,13-17,19-20H2,1-4H3,(H2,35,40)(H,36,41). The molecule has 1 aliphatic rings. The molecule has 1 unspecified atom stereocenters. The number of nitrogens with one attached hydrogen (secondary N) is 1. The smallest absolute Gasteiger partial charge is 0.368 e. The molecular formula is C31H41F3N5O7P. The monoisotopic (exact) mass is 683 g/mol. The Morgan fingerprint density at radius 2 is 1.68 bits per heavy atom. The molecule has 4 amide bonds. The highest BCUT2D eigenvalue weighted by atomic mass is 31.2. The predicted molar refractivity (Wildman–Crippen MR) is 169 cm³/mol. The van der Waals surface area contributed by atoms with Gasteiger partial charge in [0.25, 0.3) is 5.91 Å². The summed E-state index contributed by atoms with van der Waals surface area (Å²) in [5.74, 6) is -2.29. The fraction of sp³-hybridized carbons (Fsp3) is 0.484. The zero-order valence-electron chi connectivity index (χ0n) is 26.8. The number of carbonyl (C=O) groups is 4. The lowest BCUT2D eigenvalue weighted by Gasteiger charge is -2.37. The summed E-state index contributed by atoms with van der Waals surface area (Å²) in [4.78, 5) is 56.1. The summed E-state index contributed by atoms with van der Waals surface area (Å²) < 4.78 is 63.0. The number of anilines is 1. The summed E-state index contributed by atoms with van der Waals surface area (Å²) in [6.45, 7) is 3.65. The Labute approximate surface area is 271 Å². The van der Waals surface area contributed by atoms with E-state index in [4.69, 9.17) is 14.8 Å². The van der Waals surface area contributed by atoms with Crippen LogP contribution in [0.1, 0.15) is 53.4 Å². The Bertz CT molecular complexity index is 1480. The molecule has 3 N–H and O–H groups in total. The number of hydrogen-bond acceptors (Lipinski definition) is 8. The van der Waals surface area contributed by atoms with Gasteiger partial charge in [0.05, 0.1) is 31.4 Å². The van der Waals surface area contributed by atoms with Crippen LogP contribution in [-0.2, 0) is 40.6 Å². The Morgan fingerprint density at radius 3 is 2.23 bits per heavy atom. The number of hydrogen-bond donors (Lipinski definition) is 2. The van der Waals surface area contributed by atoms with E-state index in [0.29, 0.717) is 17.7 Å². The van der Waals surface area contributed by atoms with E-state index in [1.165, 1.54) is 28.0 Å². The van der Waals surface area contributed by atoms with Crippen molar-refractivity contribution < 1.29 is 46.0 Å². The first-order chi connectivity index (χ1) is 22.1. The summed E-state index contributed by atoms with van der Waals surface area (Å²) in [6, 6.07) is 8.43. The zero-order valence-corrected chi connectivity index (χ0v) is 27.7. The number of rotatable bonds is 16. The zero-order chi connectivity index (χ0) is 34.9. The Morgan fingerprint density at radius 1 is 1.04 bits per heavy atom. The van der Waals surface area contributed by atoms with Crippen LogP contribution in [0.2, 0.25) is 0 Å². The number of likely N-dealkylation sites (N-methyl/N-ethyl adjacent to an activating group) is 1. The fourth-order valence-corrected chi connectivity index (χ4v) is 6.64. The molecule has 0 saturated heterocycles.